The maximum absolute atomic E-state index is 2.27. The molecular weight excluding hydrogens is 359 g/mol. The highest BCUT2D eigenvalue weighted by Crippen LogP contribution is 2.66. The van der Waals surface area contributed by atoms with E-state index in [0.29, 0.717) is 0 Å². The van der Waals surface area contributed by atoms with Crippen LogP contribution in [0.2, 0.25) is 0 Å². The van der Waals surface area contributed by atoms with Gasteiger partial charge in [0.05, 0.1) is 6.33 Å². The van der Waals surface area contributed by atoms with Crippen LogP contribution >= 0.6 is 29.1 Å². The molecule has 0 saturated heterocycles. The van der Waals surface area contributed by atoms with E-state index in [9.17, 15) is 0 Å². The molecule has 3 aromatic carbocycles. The van der Waals surface area contributed by atoms with Crippen molar-refractivity contribution in [3.63, 3.8) is 0 Å². The number of hydrogen-bond acceptors (Lipinski definition) is 2. The maximum atomic E-state index is 2.27. The van der Waals surface area contributed by atoms with Crippen LogP contribution in [0.3, 0.4) is 0 Å². The minimum Gasteiger partial charge on any atom is -0.0813 e. The van der Waals surface area contributed by atoms with Gasteiger partial charge in [-0.3, -0.25) is 0 Å². The summed E-state index contributed by atoms with van der Waals surface area (Å²) in [5.74, 6) is 0. The Balaban J connectivity index is 1.99. The molecule has 0 fully saturated rings. The largest absolute Gasteiger partial charge is 0.0813 e. The van der Waals surface area contributed by atoms with Gasteiger partial charge in [-0.25, -0.2) is 0 Å². The minimum atomic E-state index is -0.440. The molecule has 0 aliphatic rings. The van der Waals surface area contributed by atoms with Crippen LogP contribution < -0.4 is 5.30 Å². The van der Waals surface area contributed by atoms with Crippen molar-refractivity contribution in [2.75, 3.05) is 0 Å². The Bertz CT molecular complexity index is 765. The molecule has 128 valence electrons. The van der Waals surface area contributed by atoms with Gasteiger partial charge in [0.25, 0.3) is 0 Å². The maximum Gasteiger partial charge on any atom is 0.0540 e. The standard InChI is InChI=1S/C22H23PS2/c1-16-10-8-11-17(2)21(16)24-23(20-14-6-5-7-15-20)25-22-18(3)12-9-13-19(22)4/h5-15H,1-4H3. The molecule has 0 aliphatic carbocycles. The fourth-order valence-electron chi connectivity index (χ4n) is 2.73. The first-order chi connectivity index (χ1) is 12.1. The third-order valence-corrected chi connectivity index (χ3v) is 11.5. The first-order valence-corrected chi connectivity index (χ1v) is 12.6. The Kier molecular flexibility index (Phi) is 6.28. The van der Waals surface area contributed by atoms with Gasteiger partial charge in [0.1, 0.15) is 0 Å². The Labute approximate surface area is 160 Å². The lowest BCUT2D eigenvalue weighted by Crippen LogP contribution is -1.96. The normalized spacial score (nSPS) is 11.1. The number of benzene rings is 3. The Morgan fingerprint density at radius 2 is 0.920 bits per heavy atom. The zero-order valence-electron chi connectivity index (χ0n) is 15.1. The Morgan fingerprint density at radius 3 is 1.32 bits per heavy atom. The molecule has 25 heavy (non-hydrogen) atoms. The molecule has 0 unspecified atom stereocenters. The van der Waals surface area contributed by atoms with Crippen molar-refractivity contribution in [3.05, 3.63) is 89.0 Å². The van der Waals surface area contributed by atoms with Crippen molar-refractivity contribution in [1.29, 1.82) is 0 Å². The van der Waals surface area contributed by atoms with Gasteiger partial charge in [0, 0.05) is 9.79 Å². The summed E-state index contributed by atoms with van der Waals surface area (Å²) in [6.07, 6.45) is -0.440. The molecule has 0 amide bonds. The summed E-state index contributed by atoms with van der Waals surface area (Å²) in [6.45, 7) is 8.88. The van der Waals surface area contributed by atoms with Crippen molar-refractivity contribution in [3.8, 4) is 0 Å². The summed E-state index contributed by atoms with van der Waals surface area (Å²) in [4.78, 5) is 2.85. The molecule has 0 aliphatic heterocycles. The molecule has 0 bridgehead atoms. The summed E-state index contributed by atoms with van der Waals surface area (Å²) in [7, 11) is 0. The molecule has 0 nitrogen and oxygen atoms in total. The van der Waals surface area contributed by atoms with Crippen LogP contribution in [0.4, 0.5) is 0 Å². The summed E-state index contributed by atoms with van der Waals surface area (Å²) < 4.78 is 0. The molecule has 0 spiro atoms. The summed E-state index contributed by atoms with van der Waals surface area (Å²) in [5.41, 5.74) is 5.48. The molecule has 3 rings (SSSR count). The van der Waals surface area contributed by atoms with Crippen LogP contribution in [0.25, 0.3) is 0 Å². The summed E-state index contributed by atoms with van der Waals surface area (Å²) in [5, 5.41) is 1.43. The molecule has 0 N–H and O–H groups in total. The third-order valence-electron chi connectivity index (χ3n) is 4.13. The van der Waals surface area contributed by atoms with Gasteiger partial charge in [-0.2, -0.15) is 0 Å². The van der Waals surface area contributed by atoms with E-state index in [1.54, 1.807) is 0 Å². The van der Waals surface area contributed by atoms with E-state index in [4.69, 9.17) is 0 Å². The highest BCUT2D eigenvalue weighted by atomic mass is 33.1. The van der Waals surface area contributed by atoms with Crippen LogP contribution in [0.5, 0.6) is 0 Å². The van der Waals surface area contributed by atoms with Crippen molar-refractivity contribution in [2.45, 2.75) is 37.5 Å². The van der Waals surface area contributed by atoms with E-state index in [2.05, 4.69) is 94.4 Å². The topological polar surface area (TPSA) is 0 Å². The second-order valence-electron chi connectivity index (χ2n) is 6.22. The predicted molar refractivity (Wildman–Crippen MR) is 117 cm³/mol. The van der Waals surface area contributed by atoms with E-state index < -0.39 is 6.33 Å². The number of aryl methyl sites for hydroxylation is 4. The van der Waals surface area contributed by atoms with Crippen molar-refractivity contribution in [2.24, 2.45) is 0 Å². The van der Waals surface area contributed by atoms with Crippen LogP contribution in [-0.2, 0) is 0 Å². The van der Waals surface area contributed by atoms with Gasteiger partial charge in [-0.15, -0.1) is 0 Å². The SMILES string of the molecule is Cc1cccc(C)c1SP(Sc1c(C)cccc1C)c1ccccc1. The lowest BCUT2D eigenvalue weighted by molar-refractivity contribution is 1.22. The van der Waals surface area contributed by atoms with E-state index >= 15 is 0 Å². The molecule has 3 aromatic rings. The number of hydrogen-bond donors (Lipinski definition) is 0. The molecular formula is C22H23PS2. The Morgan fingerprint density at radius 1 is 0.520 bits per heavy atom. The van der Waals surface area contributed by atoms with E-state index in [1.165, 1.54) is 37.3 Å². The lowest BCUT2D eigenvalue weighted by Gasteiger charge is -2.21. The first kappa shape index (κ1) is 18.6. The number of rotatable bonds is 5. The van der Waals surface area contributed by atoms with Crippen LogP contribution in [0.1, 0.15) is 22.3 Å². The van der Waals surface area contributed by atoms with Gasteiger partial charge in [-0.05, 0) is 55.3 Å². The fraction of sp³-hybridized carbons (Fsp3) is 0.182. The van der Waals surface area contributed by atoms with Gasteiger partial charge in [0.2, 0.25) is 0 Å². The minimum absolute atomic E-state index is 0.440. The van der Waals surface area contributed by atoms with Crippen molar-refractivity contribution < 1.29 is 0 Å². The Hall–Kier alpha value is -1.21. The fourth-order valence-corrected chi connectivity index (χ4v) is 10.4. The monoisotopic (exact) mass is 382 g/mol. The smallest absolute Gasteiger partial charge is 0.0540 e. The van der Waals surface area contributed by atoms with Crippen molar-refractivity contribution in [1.82, 2.24) is 0 Å². The van der Waals surface area contributed by atoms with E-state index in [0.717, 1.165) is 0 Å². The van der Waals surface area contributed by atoms with Gasteiger partial charge in [0.15, 0.2) is 0 Å². The molecule has 0 atom stereocenters. The highest BCUT2D eigenvalue weighted by molar-refractivity contribution is 8.90. The van der Waals surface area contributed by atoms with Gasteiger partial charge >= 0.3 is 0 Å². The highest BCUT2D eigenvalue weighted by Gasteiger charge is 2.19. The van der Waals surface area contributed by atoms with Gasteiger partial charge < -0.3 is 0 Å². The molecule has 3 heteroatoms. The zero-order chi connectivity index (χ0) is 17.8. The quantitative estimate of drug-likeness (QED) is 0.420. The molecule has 0 aromatic heterocycles. The van der Waals surface area contributed by atoms with Crippen LogP contribution in [-0.4, -0.2) is 0 Å². The lowest BCUT2D eigenvalue weighted by atomic mass is 10.2. The molecule has 0 saturated carbocycles. The first-order valence-electron chi connectivity index (χ1n) is 8.40. The predicted octanol–water partition coefficient (Wildman–Crippen LogP) is 7.44. The zero-order valence-corrected chi connectivity index (χ0v) is 17.6. The molecule has 0 radical (unpaired) electrons. The van der Waals surface area contributed by atoms with Gasteiger partial charge in [-0.1, -0.05) is 89.5 Å². The van der Waals surface area contributed by atoms with Crippen LogP contribution in [0, 0.1) is 27.7 Å². The molecule has 0 heterocycles. The second-order valence-corrected chi connectivity index (χ2v) is 12.4. The third kappa shape index (κ3) is 4.50. The average molecular weight is 383 g/mol. The van der Waals surface area contributed by atoms with E-state index in [-0.39, 0.29) is 0 Å². The summed E-state index contributed by atoms with van der Waals surface area (Å²) in [6, 6.07) is 24.1. The summed E-state index contributed by atoms with van der Waals surface area (Å²) >= 11 is 4.07. The average Bonchev–Trinajstić information content (AvgIpc) is 2.60. The van der Waals surface area contributed by atoms with Crippen molar-refractivity contribution >= 4 is 34.4 Å². The van der Waals surface area contributed by atoms with Crippen LogP contribution in [0.15, 0.2) is 76.5 Å². The van der Waals surface area contributed by atoms with E-state index in [1.807, 2.05) is 22.8 Å². The second kappa shape index (κ2) is 8.45.